The number of ether oxygens (including phenoxy) is 1. The van der Waals surface area contributed by atoms with Crippen molar-refractivity contribution in [2.24, 2.45) is 5.92 Å². The lowest BCUT2D eigenvalue weighted by Gasteiger charge is -2.37. The molecular formula is C32H38N8O3S. The maximum absolute atomic E-state index is 13.3. The molecule has 1 aromatic carbocycles. The van der Waals surface area contributed by atoms with Crippen LogP contribution >= 0.6 is 11.3 Å². The third-order valence-electron chi connectivity index (χ3n) is 9.11. The van der Waals surface area contributed by atoms with E-state index in [1.54, 1.807) is 11.3 Å². The minimum atomic E-state index is -0.133. The SMILES string of the molecule is C=CC(=O)N[C@H]1CC[C@H](C(=O)N2CCN(Cc3cc4nc(-c5cccc6[nH]ncc56)nc(N5CCOCC5)c4s3)CC2)CC1. The number of carbonyl (C=O) groups is 2. The zero-order valence-corrected chi connectivity index (χ0v) is 25.7. The fourth-order valence-electron chi connectivity index (χ4n) is 6.67. The van der Waals surface area contributed by atoms with Gasteiger partial charge in [0.15, 0.2) is 11.6 Å². The van der Waals surface area contributed by atoms with E-state index in [2.05, 4.69) is 44.0 Å². The lowest BCUT2D eigenvalue weighted by atomic mass is 9.85. The average Bonchev–Trinajstić information content (AvgIpc) is 3.72. The van der Waals surface area contributed by atoms with Crippen molar-refractivity contribution >= 4 is 50.1 Å². The molecule has 11 nitrogen and oxygen atoms in total. The molecular weight excluding hydrogens is 576 g/mol. The zero-order valence-electron chi connectivity index (χ0n) is 24.8. The first-order valence-electron chi connectivity index (χ1n) is 15.6. The number of morpholine rings is 1. The summed E-state index contributed by atoms with van der Waals surface area (Å²) in [6, 6.07) is 8.44. The number of aromatic amines is 1. The van der Waals surface area contributed by atoms with Crippen molar-refractivity contribution in [3.8, 4) is 11.4 Å². The number of fused-ring (bicyclic) bond motifs is 2. The van der Waals surface area contributed by atoms with Crippen LogP contribution in [0, 0.1) is 5.92 Å². The Morgan fingerprint density at radius 3 is 2.64 bits per heavy atom. The summed E-state index contributed by atoms with van der Waals surface area (Å²) in [4.78, 5) is 43.2. The minimum absolute atomic E-state index is 0.0558. The lowest BCUT2D eigenvalue weighted by Crippen LogP contribution is -2.50. The second-order valence-corrected chi connectivity index (χ2v) is 13.0. The van der Waals surface area contributed by atoms with Crippen molar-refractivity contribution in [1.29, 1.82) is 0 Å². The summed E-state index contributed by atoms with van der Waals surface area (Å²) in [6.07, 6.45) is 6.49. The van der Waals surface area contributed by atoms with E-state index >= 15 is 0 Å². The standard InChI is InChI=1S/C32H38N8O3S/c1-2-28(41)34-22-8-6-21(7-9-22)32(42)40-12-10-38(11-13-40)20-23-18-27-29(44-23)31(39-14-16-43-17-15-39)36-30(35-27)24-4-3-5-26-25(24)19-33-37-26/h2-5,18-19,21-22H,1,6-17,20H2,(H,33,37)(H,34,41)/t21-,22-. The van der Waals surface area contributed by atoms with Gasteiger partial charge in [-0.15, -0.1) is 11.3 Å². The number of anilines is 1. The van der Waals surface area contributed by atoms with Crippen molar-refractivity contribution in [2.75, 3.05) is 57.4 Å². The molecule has 5 heterocycles. The Kier molecular flexibility index (Phi) is 8.28. The predicted molar refractivity (Wildman–Crippen MR) is 171 cm³/mol. The van der Waals surface area contributed by atoms with Gasteiger partial charge in [-0.25, -0.2) is 9.97 Å². The number of aromatic nitrogens is 4. The number of piperazine rings is 1. The maximum atomic E-state index is 13.3. The van der Waals surface area contributed by atoms with E-state index in [0.29, 0.717) is 19.0 Å². The summed E-state index contributed by atoms with van der Waals surface area (Å²) in [5.41, 5.74) is 2.90. The fourth-order valence-corrected chi connectivity index (χ4v) is 7.82. The van der Waals surface area contributed by atoms with Crippen molar-refractivity contribution < 1.29 is 14.3 Å². The highest BCUT2D eigenvalue weighted by Gasteiger charge is 2.31. The molecule has 0 spiro atoms. The molecule has 0 bridgehead atoms. The van der Waals surface area contributed by atoms with E-state index in [4.69, 9.17) is 14.7 Å². The second kappa shape index (κ2) is 12.6. The van der Waals surface area contributed by atoms with Gasteiger partial charge in [0.1, 0.15) is 0 Å². The molecule has 3 aliphatic rings. The zero-order chi connectivity index (χ0) is 30.0. The monoisotopic (exact) mass is 614 g/mol. The van der Waals surface area contributed by atoms with Gasteiger partial charge >= 0.3 is 0 Å². The molecule has 1 saturated carbocycles. The van der Waals surface area contributed by atoms with Crippen LogP contribution < -0.4 is 10.2 Å². The minimum Gasteiger partial charge on any atom is -0.378 e. The van der Waals surface area contributed by atoms with Gasteiger partial charge in [-0.3, -0.25) is 19.6 Å². The summed E-state index contributed by atoms with van der Waals surface area (Å²) in [7, 11) is 0. The summed E-state index contributed by atoms with van der Waals surface area (Å²) >= 11 is 1.77. The van der Waals surface area contributed by atoms with E-state index in [9.17, 15) is 9.59 Å². The topological polar surface area (TPSA) is 120 Å². The molecule has 0 radical (unpaired) electrons. The van der Waals surface area contributed by atoms with Gasteiger partial charge in [0.05, 0.1) is 35.1 Å². The van der Waals surface area contributed by atoms with Crippen molar-refractivity contribution in [2.45, 2.75) is 38.3 Å². The Hall–Kier alpha value is -3.87. The third-order valence-corrected chi connectivity index (χ3v) is 10.2. The smallest absolute Gasteiger partial charge is 0.243 e. The van der Waals surface area contributed by atoms with Gasteiger partial charge in [0.25, 0.3) is 0 Å². The normalized spacial score (nSPS) is 21.5. The van der Waals surface area contributed by atoms with E-state index in [1.807, 2.05) is 23.2 Å². The maximum Gasteiger partial charge on any atom is 0.243 e. The number of hydrogen-bond donors (Lipinski definition) is 2. The Morgan fingerprint density at radius 1 is 1.07 bits per heavy atom. The van der Waals surface area contributed by atoms with Crippen molar-refractivity contribution in [1.82, 2.24) is 35.3 Å². The van der Waals surface area contributed by atoms with Crippen LogP contribution in [-0.4, -0.2) is 100 Å². The van der Waals surface area contributed by atoms with Gasteiger partial charge in [0, 0.05) is 73.6 Å². The van der Waals surface area contributed by atoms with Crippen LogP contribution in [0.4, 0.5) is 5.82 Å². The van der Waals surface area contributed by atoms with Crippen LogP contribution in [0.2, 0.25) is 0 Å². The van der Waals surface area contributed by atoms with E-state index < -0.39 is 0 Å². The van der Waals surface area contributed by atoms with Crippen molar-refractivity contribution in [3.63, 3.8) is 0 Å². The Balaban J connectivity index is 1.04. The van der Waals surface area contributed by atoms with Crippen LogP contribution in [-0.2, 0) is 20.9 Å². The highest BCUT2D eigenvalue weighted by Crippen LogP contribution is 2.36. The number of nitrogens with one attached hydrogen (secondary N) is 2. The van der Waals surface area contributed by atoms with Crippen LogP contribution in [0.15, 0.2) is 43.1 Å². The molecule has 2 amide bonds. The van der Waals surface area contributed by atoms with Crippen LogP contribution in [0.3, 0.4) is 0 Å². The van der Waals surface area contributed by atoms with Crippen LogP contribution in [0.25, 0.3) is 32.5 Å². The molecule has 0 unspecified atom stereocenters. The highest BCUT2D eigenvalue weighted by molar-refractivity contribution is 7.19. The summed E-state index contributed by atoms with van der Waals surface area (Å²) < 4.78 is 6.75. The fraction of sp³-hybridized carbons (Fsp3) is 0.469. The van der Waals surface area contributed by atoms with Gasteiger partial charge in [0.2, 0.25) is 11.8 Å². The number of amides is 2. The average molecular weight is 615 g/mol. The summed E-state index contributed by atoms with van der Waals surface area (Å²) in [5.74, 6) is 1.87. The molecule has 2 aliphatic heterocycles. The van der Waals surface area contributed by atoms with E-state index in [-0.39, 0.29) is 23.8 Å². The van der Waals surface area contributed by atoms with Gasteiger partial charge < -0.3 is 19.9 Å². The molecule has 0 atom stereocenters. The van der Waals surface area contributed by atoms with E-state index in [1.165, 1.54) is 11.0 Å². The highest BCUT2D eigenvalue weighted by atomic mass is 32.1. The summed E-state index contributed by atoms with van der Waals surface area (Å²) in [6.45, 7) is 10.5. The Bertz CT molecular complexity index is 1660. The number of rotatable bonds is 7. The Labute approximate surface area is 260 Å². The number of nitrogens with zero attached hydrogens (tertiary/aromatic N) is 6. The van der Waals surface area contributed by atoms with Crippen LogP contribution in [0.1, 0.15) is 30.6 Å². The second-order valence-electron chi connectivity index (χ2n) is 11.9. The third kappa shape index (κ3) is 5.93. The van der Waals surface area contributed by atoms with Gasteiger partial charge in [-0.1, -0.05) is 18.7 Å². The Morgan fingerprint density at radius 2 is 1.86 bits per heavy atom. The molecule has 12 heteroatoms. The largest absolute Gasteiger partial charge is 0.378 e. The molecule has 1 aliphatic carbocycles. The molecule has 3 aromatic heterocycles. The quantitative estimate of drug-likeness (QED) is 0.303. The van der Waals surface area contributed by atoms with Gasteiger partial charge in [-0.05, 0) is 43.9 Å². The molecule has 44 heavy (non-hydrogen) atoms. The number of H-pyrrole nitrogens is 1. The first kappa shape index (κ1) is 28.9. The molecule has 230 valence electrons. The number of hydrogen-bond acceptors (Lipinski definition) is 9. The molecule has 2 saturated heterocycles. The predicted octanol–water partition coefficient (Wildman–Crippen LogP) is 3.58. The summed E-state index contributed by atoms with van der Waals surface area (Å²) in [5, 5.41) is 11.3. The lowest BCUT2D eigenvalue weighted by molar-refractivity contribution is -0.138. The first-order chi connectivity index (χ1) is 21.6. The number of benzene rings is 1. The molecule has 2 N–H and O–H groups in total. The molecule has 3 fully saturated rings. The van der Waals surface area contributed by atoms with Gasteiger partial charge in [-0.2, -0.15) is 5.10 Å². The van der Waals surface area contributed by atoms with Crippen LogP contribution in [0.5, 0.6) is 0 Å². The molecule has 7 rings (SSSR count). The molecule has 4 aromatic rings. The number of thiophene rings is 1. The number of carbonyl (C=O) groups excluding carboxylic acids is 2. The first-order valence-corrected chi connectivity index (χ1v) is 16.4. The van der Waals surface area contributed by atoms with Crippen molar-refractivity contribution in [3.05, 3.63) is 48.0 Å². The van der Waals surface area contributed by atoms with E-state index in [0.717, 1.165) is 104 Å².